The van der Waals surface area contributed by atoms with E-state index in [1.54, 1.807) is 55.5 Å². The van der Waals surface area contributed by atoms with Gasteiger partial charge in [0.05, 0.1) is 74.8 Å². The number of allylic oxidation sites excluding steroid dienone is 2. The first-order chi connectivity index (χ1) is 27.0. The van der Waals surface area contributed by atoms with Crippen LogP contribution >= 0.6 is 12.0 Å². The molecule has 3 N–H and O–H groups in total. The number of nitriles is 1. The monoisotopic (exact) mass is 811 g/mol. The number of halogens is 3. The molecule has 57 heavy (non-hydrogen) atoms. The normalized spacial score (nSPS) is 14.8. The minimum Gasteiger partial charge on any atom is -0.386 e. The summed E-state index contributed by atoms with van der Waals surface area (Å²) in [4.78, 5) is 43.9. The van der Waals surface area contributed by atoms with E-state index < -0.39 is 35.2 Å². The molecule has 3 aromatic rings. The molecule has 0 radical (unpaired) electrons. The Kier molecular flexibility index (Phi) is 18.8. The number of carbonyl (C=O) groups excluding carboxylic acids is 3. The van der Waals surface area contributed by atoms with Crippen molar-refractivity contribution in [3.05, 3.63) is 107 Å². The van der Waals surface area contributed by atoms with Gasteiger partial charge in [-0.05, 0) is 62.4 Å². The maximum atomic E-state index is 13.9. The van der Waals surface area contributed by atoms with Crippen LogP contribution in [0.2, 0.25) is 0 Å². The van der Waals surface area contributed by atoms with Crippen molar-refractivity contribution in [1.29, 1.82) is 5.26 Å². The number of alkyl halides is 3. The number of amides is 3. The molecule has 1 aromatic heterocycles. The van der Waals surface area contributed by atoms with Gasteiger partial charge in [-0.15, -0.1) is 0 Å². The van der Waals surface area contributed by atoms with Crippen molar-refractivity contribution in [3.8, 4) is 11.8 Å². The van der Waals surface area contributed by atoms with E-state index in [0.717, 1.165) is 53.5 Å². The SMILES string of the molecule is C=C/C(=C\C)SOC.CC.CN/C(=C(\C(=O)Nc1cccc(C(F)(F)F)c1)C(=O)N[C@@H](C)C(=O)N(C)C1CC[N+](C)(C)CC1)c1ccnn1-c1ccc(C#N)cc1. The fourth-order valence-corrected chi connectivity index (χ4v) is 6.16. The lowest BCUT2D eigenvalue weighted by atomic mass is 10.0. The zero-order chi connectivity index (χ0) is 42.9. The number of likely N-dealkylation sites (N-methyl/N-ethyl adjacent to an activating group) is 1. The smallest absolute Gasteiger partial charge is 0.386 e. The Balaban J connectivity index is 0.000000998. The third-order valence-corrected chi connectivity index (χ3v) is 9.72. The molecule has 0 bridgehead atoms. The number of benzene rings is 2. The topological polar surface area (TPSA) is 141 Å². The Hall–Kier alpha value is -5.37. The Morgan fingerprint density at radius 1 is 1.11 bits per heavy atom. The molecule has 1 saturated heterocycles. The number of quaternary nitrogens is 1. The molecule has 0 aliphatic carbocycles. The Labute approximate surface area is 338 Å². The number of carbonyl (C=O) groups is 3. The van der Waals surface area contributed by atoms with Crippen molar-refractivity contribution in [2.24, 2.45) is 0 Å². The number of rotatable bonds is 12. The van der Waals surface area contributed by atoms with E-state index in [1.807, 2.05) is 32.9 Å². The number of anilines is 1. The summed E-state index contributed by atoms with van der Waals surface area (Å²) in [6.45, 7) is 12.8. The second-order valence-electron chi connectivity index (χ2n) is 13.2. The first-order valence-electron chi connectivity index (χ1n) is 18.3. The molecule has 16 heteroatoms. The highest BCUT2D eigenvalue weighted by Crippen LogP contribution is 2.31. The molecule has 2 heterocycles. The summed E-state index contributed by atoms with van der Waals surface area (Å²) in [5.74, 6) is -2.29. The van der Waals surface area contributed by atoms with E-state index in [1.165, 1.54) is 43.0 Å². The average Bonchev–Trinajstić information content (AvgIpc) is 3.68. The lowest BCUT2D eigenvalue weighted by molar-refractivity contribution is -0.895. The van der Waals surface area contributed by atoms with E-state index in [9.17, 15) is 32.8 Å². The first-order valence-corrected chi connectivity index (χ1v) is 19.1. The molecule has 0 saturated carbocycles. The molecule has 1 aliphatic rings. The first kappa shape index (κ1) is 47.8. The standard InChI is InChI=1S/C33H37F3N8O3.C6H10OS.C2H6/c1-21(32(47)42(3)25-14-17-44(4,5)18-15-25)40-30(45)28(31(46)41-24-8-6-7-23(19-24)33(34,35)36)29(38-2)27-13-16-39-43(27)26-11-9-22(20-37)10-12-26;1-4-6(5-2)8-7-3;1-2/h6-13,16,19,21,25H,14-15,17-18H2,1-5H3,(H2-,38,40,41,45,46);4-5H,1H2,2-3H3;1-2H3/p+1/b;6-5+;/t21-;;/m0../s1. The van der Waals surface area contributed by atoms with E-state index in [4.69, 9.17) is 4.18 Å². The van der Waals surface area contributed by atoms with Gasteiger partial charge in [0.2, 0.25) is 5.91 Å². The van der Waals surface area contributed by atoms with Gasteiger partial charge in [-0.3, -0.25) is 14.4 Å². The second kappa shape index (κ2) is 22.4. The predicted molar refractivity (Wildman–Crippen MR) is 219 cm³/mol. The number of piperidine rings is 1. The Morgan fingerprint density at radius 3 is 2.25 bits per heavy atom. The van der Waals surface area contributed by atoms with Gasteiger partial charge >= 0.3 is 6.18 Å². The van der Waals surface area contributed by atoms with Crippen LogP contribution in [0.15, 0.2) is 90.0 Å². The number of nitrogens with zero attached hydrogens (tertiary/aromatic N) is 5. The second-order valence-corrected chi connectivity index (χ2v) is 14.2. The summed E-state index contributed by atoms with van der Waals surface area (Å²) in [5, 5.41) is 21.4. The van der Waals surface area contributed by atoms with Crippen LogP contribution in [-0.4, -0.2) is 97.4 Å². The minimum atomic E-state index is -4.66. The molecule has 1 fully saturated rings. The van der Waals surface area contributed by atoms with Crippen molar-refractivity contribution in [3.63, 3.8) is 0 Å². The number of aromatic nitrogens is 2. The van der Waals surface area contributed by atoms with Crippen molar-refractivity contribution < 1.29 is 36.2 Å². The van der Waals surface area contributed by atoms with Gasteiger partial charge in [-0.2, -0.15) is 23.5 Å². The van der Waals surface area contributed by atoms with Crippen LogP contribution in [0.5, 0.6) is 0 Å². The summed E-state index contributed by atoms with van der Waals surface area (Å²) in [6, 6.07) is 13.0. The zero-order valence-corrected chi connectivity index (χ0v) is 34.8. The van der Waals surface area contributed by atoms with Crippen LogP contribution in [0.1, 0.15) is 57.4 Å². The number of likely N-dealkylation sites (tertiary alicyclic amines) is 1. The van der Waals surface area contributed by atoms with E-state index in [2.05, 4.69) is 41.7 Å². The van der Waals surface area contributed by atoms with Crippen molar-refractivity contribution in [2.75, 3.05) is 53.7 Å². The summed E-state index contributed by atoms with van der Waals surface area (Å²) in [6.07, 6.45) is 2.08. The van der Waals surface area contributed by atoms with Crippen molar-refractivity contribution in [2.45, 2.75) is 58.8 Å². The summed E-state index contributed by atoms with van der Waals surface area (Å²) < 4.78 is 47.3. The van der Waals surface area contributed by atoms with Crippen molar-refractivity contribution >= 4 is 41.1 Å². The molecular weight excluding hydrogens is 758 g/mol. The number of hydrogen-bond acceptors (Lipinski definition) is 8. The predicted octanol–water partition coefficient (Wildman–Crippen LogP) is 6.93. The molecular formula is C41H54F3N8O4S+. The van der Waals surface area contributed by atoms with Crippen LogP contribution in [0.3, 0.4) is 0 Å². The highest BCUT2D eigenvalue weighted by molar-refractivity contribution is 7.98. The van der Waals surface area contributed by atoms with E-state index in [-0.39, 0.29) is 29.0 Å². The Morgan fingerprint density at radius 2 is 1.74 bits per heavy atom. The van der Waals surface area contributed by atoms with Crippen LogP contribution in [0.25, 0.3) is 11.4 Å². The van der Waals surface area contributed by atoms with Crippen LogP contribution in [0, 0.1) is 11.3 Å². The highest BCUT2D eigenvalue weighted by atomic mass is 32.2. The fourth-order valence-electron chi connectivity index (χ4n) is 5.81. The van der Waals surface area contributed by atoms with Gasteiger partial charge < -0.3 is 29.5 Å². The van der Waals surface area contributed by atoms with E-state index >= 15 is 0 Å². The largest absolute Gasteiger partial charge is 0.416 e. The van der Waals surface area contributed by atoms with Gasteiger partial charge in [0.25, 0.3) is 11.8 Å². The van der Waals surface area contributed by atoms with Gasteiger partial charge in [0, 0.05) is 55.6 Å². The fraction of sp³-hybridized carbons (Fsp3) is 0.390. The molecule has 4 rings (SSSR count). The zero-order valence-electron chi connectivity index (χ0n) is 34.0. The molecule has 1 atom stereocenters. The molecule has 12 nitrogen and oxygen atoms in total. The van der Waals surface area contributed by atoms with Crippen LogP contribution in [-0.2, 0) is 24.7 Å². The van der Waals surface area contributed by atoms with E-state index in [0.29, 0.717) is 11.3 Å². The van der Waals surface area contributed by atoms with Gasteiger partial charge in [-0.25, -0.2) is 4.68 Å². The third-order valence-electron chi connectivity index (χ3n) is 8.96. The number of hydrogen-bond donors (Lipinski definition) is 3. The Bertz CT molecular complexity index is 1920. The van der Waals surface area contributed by atoms with Gasteiger partial charge in [0.1, 0.15) is 11.6 Å². The maximum Gasteiger partial charge on any atom is 0.416 e. The molecule has 3 amide bonds. The average molecular weight is 812 g/mol. The number of nitrogens with one attached hydrogen (secondary N) is 3. The third kappa shape index (κ3) is 13.7. The summed E-state index contributed by atoms with van der Waals surface area (Å²) >= 11 is 1.32. The lowest BCUT2D eigenvalue weighted by Gasteiger charge is -2.40. The molecule has 0 unspecified atom stereocenters. The minimum absolute atomic E-state index is 0.00544. The maximum absolute atomic E-state index is 13.9. The van der Waals surface area contributed by atoms with Crippen LogP contribution < -0.4 is 16.0 Å². The molecule has 0 spiro atoms. The summed E-state index contributed by atoms with van der Waals surface area (Å²) in [5.41, 5.74) is -0.478. The van der Waals surface area contributed by atoms with Gasteiger partial charge in [-0.1, -0.05) is 38.6 Å². The quantitative estimate of drug-likeness (QED) is 0.0447. The molecule has 2 aromatic carbocycles. The molecule has 1 aliphatic heterocycles. The highest BCUT2D eigenvalue weighted by Gasteiger charge is 2.35. The van der Waals surface area contributed by atoms with Gasteiger partial charge in [0.15, 0.2) is 0 Å². The van der Waals surface area contributed by atoms with Crippen molar-refractivity contribution in [1.82, 2.24) is 25.3 Å². The summed E-state index contributed by atoms with van der Waals surface area (Å²) in [7, 11) is 9.06. The van der Waals surface area contributed by atoms with Crippen LogP contribution in [0.4, 0.5) is 18.9 Å². The lowest BCUT2D eigenvalue weighted by Crippen LogP contribution is -2.55. The molecule has 308 valence electrons.